The highest BCUT2D eigenvalue weighted by Crippen LogP contribution is 2.41. The van der Waals surface area contributed by atoms with Gasteiger partial charge in [0.25, 0.3) is 5.91 Å². The first-order valence-corrected chi connectivity index (χ1v) is 11.6. The van der Waals surface area contributed by atoms with E-state index in [-0.39, 0.29) is 5.70 Å². The molecule has 2 aromatic rings. The predicted molar refractivity (Wildman–Crippen MR) is 116 cm³/mol. The lowest BCUT2D eigenvalue weighted by molar-refractivity contribution is -0.150. The van der Waals surface area contributed by atoms with Crippen molar-refractivity contribution in [1.29, 1.82) is 0 Å². The molecule has 31 heavy (non-hydrogen) atoms. The van der Waals surface area contributed by atoms with Crippen LogP contribution in [0.2, 0.25) is 0 Å². The Labute approximate surface area is 186 Å². The molecule has 12 heteroatoms. The van der Waals surface area contributed by atoms with E-state index in [1.54, 1.807) is 24.3 Å². The Bertz CT molecular complexity index is 1010. The highest BCUT2D eigenvalue weighted by atomic mass is 32.2. The van der Waals surface area contributed by atoms with Crippen LogP contribution < -0.4 is 11.1 Å². The summed E-state index contributed by atoms with van der Waals surface area (Å²) in [5.74, 6) is 0.0772. The van der Waals surface area contributed by atoms with E-state index in [0.717, 1.165) is 0 Å². The topological polar surface area (TPSA) is 154 Å². The van der Waals surface area contributed by atoms with Crippen LogP contribution >= 0.6 is 23.5 Å². The van der Waals surface area contributed by atoms with Gasteiger partial charge in [-0.2, -0.15) is 5.10 Å². The summed E-state index contributed by atoms with van der Waals surface area (Å²) >= 11 is 2.92. The van der Waals surface area contributed by atoms with Crippen molar-refractivity contribution in [1.82, 2.24) is 25.4 Å². The Morgan fingerprint density at radius 1 is 1.35 bits per heavy atom. The fraction of sp³-hybridized carbons (Fsp3) is 0.316. The van der Waals surface area contributed by atoms with Gasteiger partial charge in [-0.3, -0.25) is 19.6 Å². The van der Waals surface area contributed by atoms with E-state index in [1.807, 2.05) is 6.07 Å². The molecule has 4 rings (SSSR count). The average molecular weight is 461 g/mol. The SMILES string of the molecule is N[C@@H](C(=O)N[C@@H]1C(=O)N2C(C(=O)O)=C(CSCc3ncn[nH]3)CS[C@H]12)c1ccccc1. The molecule has 162 valence electrons. The molecule has 1 fully saturated rings. The molecule has 0 unspecified atom stereocenters. The predicted octanol–water partition coefficient (Wildman–Crippen LogP) is 0.477. The highest BCUT2D eigenvalue weighted by molar-refractivity contribution is 8.00. The number of aliphatic carboxylic acids is 1. The summed E-state index contributed by atoms with van der Waals surface area (Å²) in [6.45, 7) is 0. The molecule has 1 aromatic carbocycles. The molecule has 1 aromatic heterocycles. The lowest BCUT2D eigenvalue weighted by Crippen LogP contribution is -2.71. The van der Waals surface area contributed by atoms with Crippen molar-refractivity contribution in [2.24, 2.45) is 5.73 Å². The zero-order valence-corrected chi connectivity index (χ0v) is 17.9. The number of amides is 2. The first-order chi connectivity index (χ1) is 15.0. The maximum atomic E-state index is 12.7. The number of nitrogens with zero attached hydrogens (tertiary/aromatic N) is 3. The number of carbonyl (C=O) groups is 3. The van der Waals surface area contributed by atoms with Gasteiger partial charge < -0.3 is 16.2 Å². The molecule has 0 aliphatic carbocycles. The number of carbonyl (C=O) groups excluding carboxylic acids is 2. The molecule has 2 aliphatic rings. The minimum absolute atomic E-state index is 0.00308. The van der Waals surface area contributed by atoms with Crippen LogP contribution in [-0.4, -0.2) is 65.9 Å². The summed E-state index contributed by atoms with van der Waals surface area (Å²) < 4.78 is 0. The van der Waals surface area contributed by atoms with Crippen molar-refractivity contribution < 1.29 is 19.5 Å². The Morgan fingerprint density at radius 2 is 2.13 bits per heavy atom. The Morgan fingerprint density at radius 3 is 2.81 bits per heavy atom. The second-order valence-electron chi connectivity index (χ2n) is 6.97. The van der Waals surface area contributed by atoms with Gasteiger partial charge in [-0.1, -0.05) is 30.3 Å². The standard InChI is InChI=1S/C19H20N6O4S2/c20-13(10-4-2-1-3-5-10)16(26)23-14-17(27)25-15(19(28)29)11(7-31-18(14)25)6-30-8-12-21-9-22-24-12/h1-5,9,13-14,18H,6-8,20H2,(H,23,26)(H,28,29)(H,21,22,24)/t13-,14-,18-/m1/s1. The molecule has 3 atom stereocenters. The summed E-state index contributed by atoms with van der Waals surface area (Å²) in [7, 11) is 0. The molecule has 2 aliphatic heterocycles. The van der Waals surface area contributed by atoms with Gasteiger partial charge in [-0.05, 0) is 11.1 Å². The average Bonchev–Trinajstić information content (AvgIpc) is 3.30. The lowest BCUT2D eigenvalue weighted by Gasteiger charge is -2.49. The van der Waals surface area contributed by atoms with Gasteiger partial charge in [0.2, 0.25) is 5.91 Å². The number of carboxylic acids is 1. The molecular formula is C19H20N6O4S2. The Hall–Kier alpha value is -2.83. The summed E-state index contributed by atoms with van der Waals surface area (Å²) in [6.07, 6.45) is 1.41. The normalized spacial score (nSPS) is 21.3. The molecule has 0 radical (unpaired) electrons. The number of carboxylic acid groups (broad SMARTS) is 1. The van der Waals surface area contributed by atoms with Crippen LogP contribution in [0.15, 0.2) is 47.9 Å². The van der Waals surface area contributed by atoms with Gasteiger partial charge in [0.15, 0.2) is 0 Å². The van der Waals surface area contributed by atoms with Gasteiger partial charge in [-0.25, -0.2) is 9.78 Å². The fourth-order valence-corrected chi connectivity index (χ4v) is 5.82. The number of β-lactam (4-membered cyclic amide) rings is 1. The monoisotopic (exact) mass is 460 g/mol. The van der Waals surface area contributed by atoms with E-state index in [9.17, 15) is 19.5 Å². The Kier molecular flexibility index (Phi) is 6.30. The van der Waals surface area contributed by atoms with E-state index in [4.69, 9.17) is 5.73 Å². The molecule has 0 saturated carbocycles. The largest absolute Gasteiger partial charge is 0.477 e. The zero-order valence-electron chi connectivity index (χ0n) is 16.2. The fourth-order valence-electron chi connectivity index (χ4n) is 3.42. The molecular weight excluding hydrogens is 440 g/mol. The third kappa shape index (κ3) is 4.31. The van der Waals surface area contributed by atoms with Crippen molar-refractivity contribution >= 4 is 41.3 Å². The van der Waals surface area contributed by atoms with Crippen molar-refractivity contribution in [2.75, 3.05) is 11.5 Å². The summed E-state index contributed by atoms with van der Waals surface area (Å²) in [4.78, 5) is 42.5. The van der Waals surface area contributed by atoms with E-state index in [1.165, 1.54) is 34.8 Å². The van der Waals surface area contributed by atoms with Gasteiger partial charge in [-0.15, -0.1) is 23.5 Å². The van der Waals surface area contributed by atoms with Crippen LogP contribution in [0, 0.1) is 0 Å². The number of nitrogens with two attached hydrogens (primary N) is 1. The van der Waals surface area contributed by atoms with Crippen LogP contribution in [0.3, 0.4) is 0 Å². The first kappa shape index (κ1) is 21.4. The molecule has 2 amide bonds. The molecule has 3 heterocycles. The van der Waals surface area contributed by atoms with Gasteiger partial charge >= 0.3 is 5.97 Å². The van der Waals surface area contributed by atoms with Gasteiger partial charge in [0, 0.05) is 11.5 Å². The lowest BCUT2D eigenvalue weighted by atomic mass is 10.0. The minimum Gasteiger partial charge on any atom is -0.477 e. The minimum atomic E-state index is -1.15. The van der Waals surface area contributed by atoms with Crippen LogP contribution in [0.4, 0.5) is 0 Å². The third-order valence-electron chi connectivity index (χ3n) is 4.97. The van der Waals surface area contributed by atoms with Gasteiger partial charge in [0.05, 0.1) is 5.75 Å². The quantitative estimate of drug-likeness (QED) is 0.412. The maximum absolute atomic E-state index is 12.7. The molecule has 10 nitrogen and oxygen atoms in total. The molecule has 1 saturated heterocycles. The Balaban J connectivity index is 1.42. The first-order valence-electron chi connectivity index (χ1n) is 9.40. The number of nitrogens with one attached hydrogen (secondary N) is 2. The van der Waals surface area contributed by atoms with Crippen molar-refractivity contribution in [3.05, 3.63) is 59.3 Å². The number of aromatic amines is 1. The summed E-state index contributed by atoms with van der Waals surface area (Å²) in [6, 6.07) is 7.15. The zero-order chi connectivity index (χ0) is 22.0. The number of rotatable bonds is 8. The molecule has 0 bridgehead atoms. The maximum Gasteiger partial charge on any atom is 0.352 e. The number of thioether (sulfide) groups is 2. The van der Waals surface area contributed by atoms with E-state index in [2.05, 4.69) is 20.5 Å². The number of aromatic nitrogens is 3. The summed E-state index contributed by atoms with van der Waals surface area (Å²) in [5.41, 5.74) is 7.31. The summed E-state index contributed by atoms with van der Waals surface area (Å²) in [5, 5.41) is 18.5. The van der Waals surface area contributed by atoms with Crippen LogP contribution in [0.25, 0.3) is 0 Å². The molecule has 0 spiro atoms. The highest BCUT2D eigenvalue weighted by Gasteiger charge is 2.54. The van der Waals surface area contributed by atoms with E-state index < -0.39 is 35.2 Å². The van der Waals surface area contributed by atoms with Crippen molar-refractivity contribution in [3.8, 4) is 0 Å². The second kappa shape index (κ2) is 9.12. The second-order valence-corrected chi connectivity index (χ2v) is 9.06. The smallest absolute Gasteiger partial charge is 0.352 e. The number of fused-ring (bicyclic) bond motifs is 1. The van der Waals surface area contributed by atoms with Crippen LogP contribution in [-0.2, 0) is 20.1 Å². The van der Waals surface area contributed by atoms with Crippen LogP contribution in [0.1, 0.15) is 17.4 Å². The van der Waals surface area contributed by atoms with Crippen LogP contribution in [0.5, 0.6) is 0 Å². The number of benzene rings is 1. The number of H-pyrrole nitrogens is 1. The van der Waals surface area contributed by atoms with E-state index in [0.29, 0.717) is 34.2 Å². The molecule has 5 N–H and O–H groups in total. The van der Waals surface area contributed by atoms with E-state index >= 15 is 0 Å². The van der Waals surface area contributed by atoms with Gasteiger partial charge in [0.1, 0.15) is 35.3 Å². The number of hydrogen-bond donors (Lipinski definition) is 4. The van der Waals surface area contributed by atoms with Crippen molar-refractivity contribution in [3.63, 3.8) is 0 Å². The van der Waals surface area contributed by atoms with Crippen molar-refractivity contribution in [2.45, 2.75) is 23.2 Å². The number of hydrogen-bond acceptors (Lipinski definition) is 8. The third-order valence-corrected chi connectivity index (χ3v) is 7.34.